The van der Waals surface area contributed by atoms with Crippen molar-refractivity contribution in [1.82, 2.24) is 0 Å². The second kappa shape index (κ2) is 6.17. The van der Waals surface area contributed by atoms with Gasteiger partial charge in [0.2, 0.25) is 0 Å². The standard InChI is InChI=1S/C15H20N2O3SSi/c1-12-5-8-14(9-6-12)21(18,19)17-16-11-13-7-10-15(20-13)22(2,3)4/h5-10H,11H2,1-4H3. The smallest absolute Gasteiger partial charge is 0.299 e. The van der Waals surface area contributed by atoms with Crippen LogP contribution in [0.3, 0.4) is 0 Å². The van der Waals surface area contributed by atoms with E-state index in [1.165, 1.54) is 12.1 Å². The monoisotopic (exact) mass is 336 g/mol. The molecule has 0 aliphatic carbocycles. The van der Waals surface area contributed by atoms with Crippen LogP contribution in [0.25, 0.3) is 0 Å². The number of benzene rings is 1. The summed E-state index contributed by atoms with van der Waals surface area (Å²) >= 11 is 0. The molecule has 118 valence electrons. The summed E-state index contributed by atoms with van der Waals surface area (Å²) < 4.78 is 33.2. The van der Waals surface area contributed by atoms with E-state index < -0.39 is 18.1 Å². The highest BCUT2D eigenvalue weighted by atomic mass is 32.2. The normalized spacial score (nSPS) is 12.9. The fourth-order valence-electron chi connectivity index (χ4n) is 1.80. The SMILES string of the molecule is Cc1ccc(S(=O)(=O)N=NCc2ccc([Si](C)(C)C)o2)cc1. The van der Waals surface area contributed by atoms with Gasteiger partial charge in [0.1, 0.15) is 20.4 Å². The van der Waals surface area contributed by atoms with E-state index in [0.717, 1.165) is 10.9 Å². The van der Waals surface area contributed by atoms with Crippen LogP contribution in [0.15, 0.2) is 55.3 Å². The molecular weight excluding hydrogens is 316 g/mol. The second-order valence-electron chi connectivity index (χ2n) is 6.19. The van der Waals surface area contributed by atoms with E-state index in [-0.39, 0.29) is 11.4 Å². The zero-order valence-corrected chi connectivity index (χ0v) is 15.0. The average molecular weight is 336 g/mol. The van der Waals surface area contributed by atoms with Crippen LogP contribution in [0.1, 0.15) is 11.3 Å². The fraction of sp³-hybridized carbons (Fsp3) is 0.333. The van der Waals surface area contributed by atoms with Gasteiger partial charge in [-0.2, -0.15) is 13.5 Å². The molecule has 0 fully saturated rings. The molecule has 0 N–H and O–H groups in total. The molecule has 7 heteroatoms. The zero-order chi connectivity index (χ0) is 16.4. The quantitative estimate of drug-likeness (QED) is 0.620. The van der Waals surface area contributed by atoms with E-state index in [4.69, 9.17) is 4.42 Å². The maximum Gasteiger partial charge on any atom is 0.299 e. The Labute approximate surface area is 132 Å². The van der Waals surface area contributed by atoms with Gasteiger partial charge in [-0.3, -0.25) is 0 Å². The first kappa shape index (κ1) is 16.6. The van der Waals surface area contributed by atoms with Gasteiger partial charge in [0.05, 0.1) is 10.3 Å². The first-order valence-corrected chi connectivity index (χ1v) is 11.9. The van der Waals surface area contributed by atoms with Gasteiger partial charge < -0.3 is 4.42 Å². The van der Waals surface area contributed by atoms with Crippen molar-refractivity contribution >= 4 is 23.5 Å². The van der Waals surface area contributed by atoms with E-state index in [2.05, 4.69) is 29.3 Å². The van der Waals surface area contributed by atoms with Crippen molar-refractivity contribution in [3.05, 3.63) is 47.7 Å². The number of aryl methyl sites for hydroxylation is 1. The maximum absolute atomic E-state index is 12.0. The predicted molar refractivity (Wildman–Crippen MR) is 88.6 cm³/mol. The van der Waals surface area contributed by atoms with E-state index in [0.29, 0.717) is 5.76 Å². The summed E-state index contributed by atoms with van der Waals surface area (Å²) in [5.74, 6) is 0.625. The van der Waals surface area contributed by atoms with Gasteiger partial charge in [-0.25, -0.2) is 0 Å². The summed E-state index contributed by atoms with van der Waals surface area (Å²) in [4.78, 5) is 0.143. The van der Waals surface area contributed by atoms with Gasteiger partial charge in [-0.1, -0.05) is 41.9 Å². The molecule has 0 saturated heterocycles. The van der Waals surface area contributed by atoms with Gasteiger partial charge >= 0.3 is 0 Å². The van der Waals surface area contributed by atoms with Crippen molar-refractivity contribution in [2.24, 2.45) is 9.63 Å². The molecule has 22 heavy (non-hydrogen) atoms. The lowest BCUT2D eigenvalue weighted by atomic mass is 10.2. The third-order valence-corrected chi connectivity index (χ3v) is 6.06. The average Bonchev–Trinajstić information content (AvgIpc) is 2.88. The first-order chi connectivity index (χ1) is 10.2. The molecule has 5 nitrogen and oxygen atoms in total. The third-order valence-electron chi connectivity index (χ3n) is 3.11. The van der Waals surface area contributed by atoms with Crippen molar-refractivity contribution in [1.29, 1.82) is 0 Å². The minimum Gasteiger partial charge on any atom is -0.469 e. The topological polar surface area (TPSA) is 72.0 Å². The summed E-state index contributed by atoms with van der Waals surface area (Å²) in [5.41, 5.74) is 0.991. The molecule has 0 radical (unpaired) electrons. The Hall–Kier alpha value is -1.73. The molecular formula is C15H20N2O3SSi. The summed E-state index contributed by atoms with van der Waals surface area (Å²) in [6.07, 6.45) is 0. The van der Waals surface area contributed by atoms with E-state index in [1.54, 1.807) is 12.1 Å². The highest BCUT2D eigenvalue weighted by Gasteiger charge is 2.20. The molecule has 0 aliphatic heterocycles. The number of furan rings is 1. The van der Waals surface area contributed by atoms with Gasteiger partial charge in [0, 0.05) is 0 Å². The van der Waals surface area contributed by atoms with Crippen molar-refractivity contribution in [2.75, 3.05) is 0 Å². The predicted octanol–water partition coefficient (Wildman–Crippen LogP) is 3.47. The molecule has 0 unspecified atom stereocenters. The Morgan fingerprint density at radius 2 is 1.68 bits per heavy atom. The Morgan fingerprint density at radius 3 is 2.23 bits per heavy atom. The molecule has 0 saturated carbocycles. The highest BCUT2D eigenvalue weighted by molar-refractivity contribution is 7.90. The molecule has 2 rings (SSSR count). The molecule has 0 spiro atoms. The van der Waals surface area contributed by atoms with Crippen molar-refractivity contribution in [2.45, 2.75) is 38.0 Å². The number of hydrogen-bond donors (Lipinski definition) is 0. The molecule has 0 aliphatic rings. The molecule has 1 aromatic carbocycles. The van der Waals surface area contributed by atoms with Crippen LogP contribution in [0.5, 0.6) is 0 Å². The molecule has 2 aromatic rings. The van der Waals surface area contributed by atoms with Crippen LogP contribution in [-0.2, 0) is 16.6 Å². The molecule has 1 heterocycles. The first-order valence-electron chi connectivity index (χ1n) is 6.98. The van der Waals surface area contributed by atoms with Gasteiger partial charge in [0.15, 0.2) is 0 Å². The van der Waals surface area contributed by atoms with Crippen molar-refractivity contribution in [3.8, 4) is 0 Å². The van der Waals surface area contributed by atoms with Gasteiger partial charge in [-0.15, -0.1) is 0 Å². The van der Waals surface area contributed by atoms with Crippen LogP contribution in [0.2, 0.25) is 19.6 Å². The van der Waals surface area contributed by atoms with Crippen LogP contribution in [0, 0.1) is 6.92 Å². The van der Waals surface area contributed by atoms with Crippen LogP contribution >= 0.6 is 0 Å². The summed E-state index contributed by atoms with van der Waals surface area (Å²) in [7, 11) is -5.25. The van der Waals surface area contributed by atoms with E-state index in [1.807, 2.05) is 19.1 Å². The van der Waals surface area contributed by atoms with Crippen molar-refractivity contribution < 1.29 is 12.8 Å². The van der Waals surface area contributed by atoms with E-state index >= 15 is 0 Å². The Kier molecular flexibility index (Phi) is 4.67. The Morgan fingerprint density at radius 1 is 1.05 bits per heavy atom. The number of hydrogen-bond acceptors (Lipinski definition) is 4. The highest BCUT2D eigenvalue weighted by Crippen LogP contribution is 2.14. The molecule has 0 bridgehead atoms. The third kappa shape index (κ3) is 4.14. The minimum absolute atomic E-state index is 0.121. The minimum atomic E-state index is -3.74. The van der Waals surface area contributed by atoms with Gasteiger partial charge in [-0.05, 0) is 31.2 Å². The summed E-state index contributed by atoms with van der Waals surface area (Å²) in [6, 6.07) is 10.3. The maximum atomic E-state index is 12.0. The fourth-order valence-corrected chi connectivity index (χ4v) is 3.60. The van der Waals surface area contributed by atoms with Gasteiger partial charge in [0.25, 0.3) is 10.0 Å². The molecule has 1 aromatic heterocycles. The number of rotatable bonds is 5. The Balaban J connectivity index is 2.08. The van der Waals surface area contributed by atoms with Crippen molar-refractivity contribution in [3.63, 3.8) is 0 Å². The lowest BCUT2D eigenvalue weighted by molar-refractivity contribution is 0.533. The number of sulfonamides is 1. The second-order valence-corrected chi connectivity index (χ2v) is 12.8. The molecule has 0 atom stereocenters. The molecule has 0 amide bonds. The summed E-state index contributed by atoms with van der Waals surface area (Å²) in [5, 5.41) is 4.74. The lowest BCUT2D eigenvalue weighted by Crippen LogP contribution is -2.36. The largest absolute Gasteiger partial charge is 0.469 e. The van der Waals surface area contributed by atoms with E-state index in [9.17, 15) is 8.42 Å². The van der Waals surface area contributed by atoms with Crippen LogP contribution < -0.4 is 5.38 Å². The zero-order valence-electron chi connectivity index (χ0n) is 13.2. The van der Waals surface area contributed by atoms with Crippen LogP contribution in [-0.4, -0.2) is 16.5 Å². The lowest BCUT2D eigenvalue weighted by Gasteiger charge is -2.10. The van der Waals surface area contributed by atoms with Crippen LogP contribution in [0.4, 0.5) is 0 Å². The number of nitrogens with zero attached hydrogens (tertiary/aromatic N) is 2. The Bertz CT molecular complexity index is 772. The summed E-state index contributed by atoms with van der Waals surface area (Å²) in [6.45, 7) is 8.55.